The number of benzene rings is 2. The van der Waals surface area contributed by atoms with Gasteiger partial charge in [-0.25, -0.2) is 0 Å². The van der Waals surface area contributed by atoms with Gasteiger partial charge in [-0.3, -0.25) is 0 Å². The Morgan fingerprint density at radius 2 is 2.00 bits per heavy atom. The molecule has 156 valence electrons. The summed E-state index contributed by atoms with van der Waals surface area (Å²) in [5.41, 5.74) is 4.18. The first-order chi connectivity index (χ1) is 14.3. The molecule has 0 atom stereocenters. The van der Waals surface area contributed by atoms with E-state index in [4.69, 9.17) is 0 Å². The molecule has 0 amide bonds. The van der Waals surface area contributed by atoms with Crippen molar-refractivity contribution in [3.05, 3.63) is 70.9 Å². The Morgan fingerprint density at radius 1 is 1.17 bits per heavy atom. The first-order valence-electron chi connectivity index (χ1n) is 9.86. The van der Waals surface area contributed by atoms with Crippen LogP contribution in [-0.4, -0.2) is 35.2 Å². The summed E-state index contributed by atoms with van der Waals surface area (Å²) in [4.78, 5) is 2.26. The fourth-order valence-corrected chi connectivity index (χ4v) is 3.80. The van der Waals surface area contributed by atoms with Gasteiger partial charge in [0.05, 0.1) is 23.0 Å². The van der Waals surface area contributed by atoms with Gasteiger partial charge in [0.25, 0.3) is 0 Å². The lowest BCUT2D eigenvalue weighted by molar-refractivity contribution is -0.138. The standard InChI is InChI=1S/C23H23F3N4/c1-15-18(4-3-5-20(15)23(24,25)26)13-27-22-14-28-29-21-7-6-17(12-19(21)22)16-8-10-30(2)11-9-16/h3-8,12,14H,9-11,13H2,1-2H3,(H,27,29). The van der Waals surface area contributed by atoms with Gasteiger partial charge in [-0.2, -0.15) is 23.4 Å². The summed E-state index contributed by atoms with van der Waals surface area (Å²) in [5, 5.41) is 12.4. The maximum atomic E-state index is 13.2. The molecule has 7 heteroatoms. The molecule has 0 unspecified atom stereocenters. The number of anilines is 1. The van der Waals surface area contributed by atoms with Gasteiger partial charge in [0.2, 0.25) is 0 Å². The highest BCUT2D eigenvalue weighted by Crippen LogP contribution is 2.33. The number of hydrogen-bond donors (Lipinski definition) is 1. The number of nitrogens with one attached hydrogen (secondary N) is 1. The van der Waals surface area contributed by atoms with Crippen molar-refractivity contribution < 1.29 is 13.2 Å². The molecule has 0 saturated heterocycles. The van der Waals surface area contributed by atoms with E-state index >= 15 is 0 Å². The van der Waals surface area contributed by atoms with E-state index in [0.717, 1.165) is 47.7 Å². The zero-order valence-electron chi connectivity index (χ0n) is 16.9. The fourth-order valence-electron chi connectivity index (χ4n) is 3.80. The van der Waals surface area contributed by atoms with Gasteiger partial charge in [0, 0.05) is 25.0 Å². The lowest BCUT2D eigenvalue weighted by Gasteiger charge is -2.22. The number of alkyl halides is 3. The monoisotopic (exact) mass is 412 g/mol. The third kappa shape index (κ3) is 4.16. The number of halogens is 3. The minimum Gasteiger partial charge on any atom is -0.379 e. The van der Waals surface area contributed by atoms with Crippen molar-refractivity contribution >= 4 is 22.2 Å². The van der Waals surface area contributed by atoms with E-state index < -0.39 is 11.7 Å². The molecular weight excluding hydrogens is 389 g/mol. The van der Waals surface area contributed by atoms with E-state index in [1.54, 1.807) is 12.3 Å². The summed E-state index contributed by atoms with van der Waals surface area (Å²) in [7, 11) is 2.10. The SMILES string of the molecule is Cc1c(CNc2cnnc3ccc(C4=CCN(C)CC4)cc23)cccc1C(F)(F)F. The molecule has 0 radical (unpaired) electrons. The van der Waals surface area contributed by atoms with Crippen LogP contribution in [0.4, 0.5) is 18.9 Å². The number of rotatable bonds is 4. The third-order valence-electron chi connectivity index (χ3n) is 5.64. The molecule has 0 spiro atoms. The third-order valence-corrected chi connectivity index (χ3v) is 5.64. The number of nitrogens with zero attached hydrogens (tertiary/aromatic N) is 3. The van der Waals surface area contributed by atoms with E-state index in [0.29, 0.717) is 5.56 Å². The van der Waals surface area contributed by atoms with E-state index in [2.05, 4.69) is 45.7 Å². The molecule has 0 aliphatic carbocycles. The maximum Gasteiger partial charge on any atom is 0.416 e. The minimum absolute atomic E-state index is 0.237. The summed E-state index contributed by atoms with van der Waals surface area (Å²) in [6.45, 7) is 3.71. The Kier molecular flexibility index (Phi) is 5.47. The topological polar surface area (TPSA) is 41.1 Å². The van der Waals surface area contributed by atoms with Crippen molar-refractivity contribution in [3.8, 4) is 0 Å². The smallest absolute Gasteiger partial charge is 0.379 e. The summed E-state index contributed by atoms with van der Waals surface area (Å²) in [6.07, 6.45) is 0.477. The first-order valence-corrected chi connectivity index (χ1v) is 9.86. The number of hydrogen-bond acceptors (Lipinski definition) is 4. The van der Waals surface area contributed by atoms with Crippen molar-refractivity contribution in [2.45, 2.75) is 26.1 Å². The van der Waals surface area contributed by atoms with Crippen LogP contribution in [0.15, 0.2) is 48.7 Å². The highest BCUT2D eigenvalue weighted by molar-refractivity contribution is 5.93. The molecule has 4 rings (SSSR count). The van der Waals surface area contributed by atoms with E-state index in [9.17, 15) is 13.2 Å². The van der Waals surface area contributed by atoms with Crippen LogP contribution < -0.4 is 5.32 Å². The lowest BCUT2D eigenvalue weighted by Crippen LogP contribution is -2.23. The zero-order valence-corrected chi connectivity index (χ0v) is 16.9. The van der Waals surface area contributed by atoms with Crippen LogP contribution in [0.3, 0.4) is 0 Å². The molecule has 3 aromatic rings. The van der Waals surface area contributed by atoms with Gasteiger partial charge in [-0.1, -0.05) is 24.3 Å². The van der Waals surface area contributed by atoms with Crippen molar-refractivity contribution in [2.24, 2.45) is 0 Å². The second-order valence-electron chi connectivity index (χ2n) is 7.67. The normalized spacial score (nSPS) is 15.3. The average molecular weight is 412 g/mol. The molecule has 1 aliphatic rings. The fraction of sp³-hybridized carbons (Fsp3) is 0.304. The Balaban J connectivity index is 1.63. The largest absolute Gasteiger partial charge is 0.416 e. The molecule has 1 aromatic heterocycles. The van der Waals surface area contributed by atoms with E-state index in [-0.39, 0.29) is 12.1 Å². The van der Waals surface area contributed by atoms with Crippen LogP contribution in [0.25, 0.3) is 16.5 Å². The molecule has 2 heterocycles. The maximum absolute atomic E-state index is 13.2. The Bertz CT molecular complexity index is 1110. The minimum atomic E-state index is -4.36. The average Bonchev–Trinajstić information content (AvgIpc) is 2.72. The second kappa shape index (κ2) is 8.07. The van der Waals surface area contributed by atoms with E-state index in [1.165, 1.54) is 18.6 Å². The summed E-state index contributed by atoms with van der Waals surface area (Å²) in [6, 6.07) is 10.3. The van der Waals surface area contributed by atoms with Crippen molar-refractivity contribution in [3.63, 3.8) is 0 Å². The molecule has 1 aliphatic heterocycles. The number of fused-ring (bicyclic) bond motifs is 1. The Hall–Kier alpha value is -2.93. The van der Waals surface area contributed by atoms with Crippen LogP contribution in [0.5, 0.6) is 0 Å². The quantitative estimate of drug-likeness (QED) is 0.632. The van der Waals surface area contributed by atoms with Gasteiger partial charge in [0.1, 0.15) is 0 Å². The van der Waals surface area contributed by atoms with Crippen LogP contribution >= 0.6 is 0 Å². The summed E-state index contributed by atoms with van der Waals surface area (Å²) in [5.74, 6) is 0. The molecule has 2 aromatic carbocycles. The molecule has 0 fully saturated rings. The van der Waals surface area contributed by atoms with Gasteiger partial charge in [-0.15, -0.1) is 0 Å². The van der Waals surface area contributed by atoms with Crippen LogP contribution in [-0.2, 0) is 12.7 Å². The van der Waals surface area contributed by atoms with Crippen molar-refractivity contribution in [1.29, 1.82) is 0 Å². The molecule has 0 bridgehead atoms. The molecule has 0 saturated carbocycles. The predicted molar refractivity (Wildman–Crippen MR) is 113 cm³/mol. The van der Waals surface area contributed by atoms with E-state index in [1.807, 2.05) is 6.07 Å². The van der Waals surface area contributed by atoms with Gasteiger partial charge >= 0.3 is 6.18 Å². The first kappa shape index (κ1) is 20.3. The van der Waals surface area contributed by atoms with Crippen molar-refractivity contribution in [2.75, 3.05) is 25.5 Å². The molecule has 1 N–H and O–H groups in total. The molecule has 4 nitrogen and oxygen atoms in total. The molecular formula is C23H23F3N4. The Labute approximate surface area is 173 Å². The highest BCUT2D eigenvalue weighted by atomic mass is 19.4. The molecule has 30 heavy (non-hydrogen) atoms. The summed E-state index contributed by atoms with van der Waals surface area (Å²) < 4.78 is 39.6. The van der Waals surface area contributed by atoms with Crippen LogP contribution in [0, 0.1) is 6.92 Å². The summed E-state index contributed by atoms with van der Waals surface area (Å²) >= 11 is 0. The van der Waals surface area contributed by atoms with Crippen LogP contribution in [0.1, 0.15) is 28.7 Å². The number of likely N-dealkylation sites (N-methyl/N-ethyl adjacent to an activating group) is 1. The van der Waals surface area contributed by atoms with Crippen molar-refractivity contribution in [1.82, 2.24) is 15.1 Å². The second-order valence-corrected chi connectivity index (χ2v) is 7.67. The van der Waals surface area contributed by atoms with Crippen LogP contribution in [0.2, 0.25) is 0 Å². The van der Waals surface area contributed by atoms with Gasteiger partial charge in [-0.05, 0) is 60.9 Å². The highest BCUT2D eigenvalue weighted by Gasteiger charge is 2.32. The zero-order chi connectivity index (χ0) is 21.3. The Morgan fingerprint density at radius 3 is 2.73 bits per heavy atom. The van der Waals surface area contributed by atoms with Gasteiger partial charge in [0.15, 0.2) is 0 Å². The predicted octanol–water partition coefficient (Wildman–Crippen LogP) is 5.29. The number of aromatic nitrogens is 2. The van der Waals surface area contributed by atoms with Gasteiger partial charge < -0.3 is 10.2 Å². The lowest BCUT2D eigenvalue weighted by atomic mass is 9.98.